The summed E-state index contributed by atoms with van der Waals surface area (Å²) in [6.07, 6.45) is -0.375. The average molecular weight is 457 g/mol. The number of esters is 1. The summed E-state index contributed by atoms with van der Waals surface area (Å²) in [5, 5.41) is 5.44. The Bertz CT molecular complexity index is 1130. The zero-order valence-corrected chi connectivity index (χ0v) is 18.8. The quantitative estimate of drug-likeness (QED) is 0.548. The third-order valence-corrected chi connectivity index (χ3v) is 6.32. The molecule has 168 valence electrons. The van der Waals surface area contributed by atoms with Gasteiger partial charge in [-0.2, -0.15) is 5.10 Å². The van der Waals surface area contributed by atoms with Crippen LogP contribution in [0.25, 0.3) is 15.9 Å². The van der Waals surface area contributed by atoms with Crippen LogP contribution < -0.4 is 0 Å². The van der Waals surface area contributed by atoms with E-state index < -0.39 is 5.97 Å². The van der Waals surface area contributed by atoms with E-state index in [4.69, 9.17) is 9.47 Å². The summed E-state index contributed by atoms with van der Waals surface area (Å²) in [6.45, 7) is 5.16. The molecule has 10 heteroatoms. The molecule has 2 aromatic heterocycles. The number of aromatic nitrogens is 2. The maximum absolute atomic E-state index is 12.6. The standard InChI is InChI=1S/C22H24N4O5S/c1-3-30-22(29)25-11-9-24(10-12-25)19(27)14-31-21(28)18-13-17-15(2)23-26(20(17)32-18)16-7-5-4-6-8-16/h4-8,13H,3,9-12,14H2,1-2H3. The highest BCUT2D eigenvalue weighted by Gasteiger charge is 2.26. The highest BCUT2D eigenvalue weighted by Crippen LogP contribution is 2.30. The van der Waals surface area contributed by atoms with Crippen molar-refractivity contribution in [1.82, 2.24) is 19.6 Å². The molecule has 9 nitrogen and oxygen atoms in total. The first-order valence-corrected chi connectivity index (χ1v) is 11.2. The van der Waals surface area contributed by atoms with E-state index in [1.807, 2.05) is 37.3 Å². The highest BCUT2D eigenvalue weighted by atomic mass is 32.1. The predicted octanol–water partition coefficient (Wildman–Crippen LogP) is 2.85. The average Bonchev–Trinajstić information content (AvgIpc) is 3.39. The number of carbonyl (C=O) groups is 3. The number of benzene rings is 1. The number of para-hydroxylation sites is 1. The number of hydrogen-bond acceptors (Lipinski definition) is 7. The Kier molecular flexibility index (Phi) is 6.40. The van der Waals surface area contributed by atoms with Crippen molar-refractivity contribution in [3.05, 3.63) is 47.0 Å². The van der Waals surface area contributed by atoms with Crippen LogP contribution in [-0.4, -0.2) is 76.9 Å². The Morgan fingerprint density at radius 2 is 1.72 bits per heavy atom. The van der Waals surface area contributed by atoms with E-state index in [1.54, 1.807) is 27.5 Å². The van der Waals surface area contributed by atoms with Crippen LogP contribution in [0.2, 0.25) is 0 Å². The molecule has 4 rings (SSSR count). The SMILES string of the molecule is CCOC(=O)N1CCN(C(=O)COC(=O)c2cc3c(C)nn(-c4ccccc4)c3s2)CC1. The van der Waals surface area contributed by atoms with E-state index in [0.29, 0.717) is 37.7 Å². The zero-order chi connectivity index (χ0) is 22.7. The van der Waals surface area contributed by atoms with Crippen molar-refractivity contribution in [2.45, 2.75) is 13.8 Å². The molecule has 32 heavy (non-hydrogen) atoms. The molecule has 0 atom stereocenters. The van der Waals surface area contributed by atoms with Gasteiger partial charge in [-0.1, -0.05) is 18.2 Å². The van der Waals surface area contributed by atoms with Gasteiger partial charge in [-0.25, -0.2) is 14.3 Å². The largest absolute Gasteiger partial charge is 0.451 e. The molecule has 0 saturated carbocycles. The number of piperazine rings is 1. The van der Waals surface area contributed by atoms with Gasteiger partial charge in [0.25, 0.3) is 5.91 Å². The molecule has 1 saturated heterocycles. The molecular formula is C22H24N4O5S. The summed E-state index contributed by atoms with van der Waals surface area (Å²) in [6, 6.07) is 11.4. The molecule has 0 unspecified atom stereocenters. The number of carbonyl (C=O) groups excluding carboxylic acids is 3. The Balaban J connectivity index is 1.36. The van der Waals surface area contributed by atoms with Crippen LogP contribution in [0.4, 0.5) is 4.79 Å². The maximum atomic E-state index is 12.6. The number of rotatable bonds is 5. The topological polar surface area (TPSA) is 94.0 Å². The maximum Gasteiger partial charge on any atom is 0.409 e. The second kappa shape index (κ2) is 9.39. The van der Waals surface area contributed by atoms with Crippen LogP contribution in [-0.2, 0) is 14.3 Å². The summed E-state index contributed by atoms with van der Waals surface area (Å²) in [5.41, 5.74) is 1.72. The molecule has 1 fully saturated rings. The van der Waals surface area contributed by atoms with E-state index in [9.17, 15) is 14.4 Å². The van der Waals surface area contributed by atoms with Crippen molar-refractivity contribution in [1.29, 1.82) is 0 Å². The molecule has 0 bridgehead atoms. The van der Waals surface area contributed by atoms with Crippen molar-refractivity contribution in [3.8, 4) is 5.69 Å². The number of hydrogen-bond donors (Lipinski definition) is 0. The minimum atomic E-state index is -0.538. The number of ether oxygens (including phenoxy) is 2. The lowest BCUT2D eigenvalue weighted by Gasteiger charge is -2.33. The Morgan fingerprint density at radius 1 is 1.03 bits per heavy atom. The Labute approximate surface area is 189 Å². The van der Waals surface area contributed by atoms with E-state index in [1.165, 1.54) is 11.3 Å². The van der Waals surface area contributed by atoms with Crippen LogP contribution in [0, 0.1) is 6.92 Å². The second-order valence-corrected chi connectivity index (χ2v) is 8.34. The van der Waals surface area contributed by atoms with Gasteiger partial charge in [0.05, 0.1) is 18.0 Å². The predicted molar refractivity (Wildman–Crippen MR) is 119 cm³/mol. The summed E-state index contributed by atoms with van der Waals surface area (Å²) < 4.78 is 12.1. The first-order valence-electron chi connectivity index (χ1n) is 10.4. The first-order chi connectivity index (χ1) is 15.5. The van der Waals surface area contributed by atoms with E-state index in [2.05, 4.69) is 5.10 Å². The number of aryl methyl sites for hydroxylation is 1. The smallest absolute Gasteiger partial charge is 0.409 e. The van der Waals surface area contributed by atoms with Crippen molar-refractivity contribution in [2.24, 2.45) is 0 Å². The van der Waals surface area contributed by atoms with E-state index in [-0.39, 0.29) is 18.6 Å². The number of fused-ring (bicyclic) bond motifs is 1. The molecule has 3 heterocycles. The monoisotopic (exact) mass is 456 g/mol. The van der Waals surface area contributed by atoms with Crippen LogP contribution in [0.3, 0.4) is 0 Å². The second-order valence-electron chi connectivity index (χ2n) is 7.31. The van der Waals surface area contributed by atoms with Gasteiger partial charge in [-0.3, -0.25) is 4.79 Å². The van der Waals surface area contributed by atoms with Crippen LogP contribution in [0.5, 0.6) is 0 Å². The molecule has 0 N–H and O–H groups in total. The van der Waals surface area contributed by atoms with Gasteiger partial charge < -0.3 is 19.3 Å². The van der Waals surface area contributed by atoms with Gasteiger partial charge >= 0.3 is 12.1 Å². The van der Waals surface area contributed by atoms with Crippen molar-refractivity contribution in [2.75, 3.05) is 39.4 Å². The van der Waals surface area contributed by atoms with Gasteiger partial charge in [0.2, 0.25) is 0 Å². The first kappa shape index (κ1) is 21.8. The Morgan fingerprint density at radius 3 is 2.41 bits per heavy atom. The van der Waals surface area contributed by atoms with Crippen LogP contribution >= 0.6 is 11.3 Å². The third kappa shape index (κ3) is 4.45. The molecule has 0 spiro atoms. The van der Waals surface area contributed by atoms with E-state index in [0.717, 1.165) is 21.6 Å². The third-order valence-electron chi connectivity index (χ3n) is 5.23. The van der Waals surface area contributed by atoms with Gasteiger partial charge in [-0.05, 0) is 32.0 Å². The van der Waals surface area contributed by atoms with Gasteiger partial charge in [0.1, 0.15) is 9.71 Å². The number of nitrogens with zero attached hydrogens (tertiary/aromatic N) is 4. The van der Waals surface area contributed by atoms with Crippen molar-refractivity contribution < 1.29 is 23.9 Å². The lowest BCUT2D eigenvalue weighted by molar-refractivity contribution is -0.136. The molecule has 1 aliphatic rings. The summed E-state index contributed by atoms with van der Waals surface area (Å²) >= 11 is 1.29. The summed E-state index contributed by atoms with van der Waals surface area (Å²) in [7, 11) is 0. The molecule has 3 aromatic rings. The number of amides is 2. The van der Waals surface area contributed by atoms with Gasteiger partial charge in [0, 0.05) is 31.6 Å². The van der Waals surface area contributed by atoms with Crippen LogP contribution in [0.15, 0.2) is 36.4 Å². The van der Waals surface area contributed by atoms with Gasteiger partial charge in [-0.15, -0.1) is 11.3 Å². The number of thiophene rings is 1. The fourth-order valence-electron chi connectivity index (χ4n) is 3.53. The minimum absolute atomic E-state index is 0.283. The molecule has 0 radical (unpaired) electrons. The fourth-order valence-corrected chi connectivity index (χ4v) is 4.61. The molecule has 0 aliphatic carbocycles. The fraction of sp³-hybridized carbons (Fsp3) is 0.364. The highest BCUT2D eigenvalue weighted by molar-refractivity contribution is 7.20. The van der Waals surface area contributed by atoms with Crippen LogP contribution in [0.1, 0.15) is 22.3 Å². The van der Waals surface area contributed by atoms with Gasteiger partial charge in [0.15, 0.2) is 6.61 Å². The minimum Gasteiger partial charge on any atom is -0.451 e. The zero-order valence-electron chi connectivity index (χ0n) is 17.9. The lowest BCUT2D eigenvalue weighted by Crippen LogP contribution is -2.51. The Hall–Kier alpha value is -3.40. The van der Waals surface area contributed by atoms with Crippen molar-refractivity contribution >= 4 is 39.5 Å². The molecular weight excluding hydrogens is 432 g/mol. The molecule has 2 amide bonds. The summed E-state index contributed by atoms with van der Waals surface area (Å²) in [5.74, 6) is -0.821. The molecule has 1 aromatic carbocycles. The van der Waals surface area contributed by atoms with Crippen molar-refractivity contribution in [3.63, 3.8) is 0 Å². The van der Waals surface area contributed by atoms with E-state index >= 15 is 0 Å². The molecule has 1 aliphatic heterocycles. The summed E-state index contributed by atoms with van der Waals surface area (Å²) in [4.78, 5) is 41.2. The normalized spacial score (nSPS) is 13.9. The lowest BCUT2D eigenvalue weighted by atomic mass is 10.3.